The summed E-state index contributed by atoms with van der Waals surface area (Å²) in [5.74, 6) is 0.939. The van der Waals surface area contributed by atoms with Gasteiger partial charge in [0.2, 0.25) is 0 Å². The lowest BCUT2D eigenvalue weighted by Gasteiger charge is -2.20. The van der Waals surface area contributed by atoms with E-state index in [0.29, 0.717) is 5.02 Å². The van der Waals surface area contributed by atoms with Gasteiger partial charge in [-0.1, -0.05) is 29.8 Å². The molecule has 1 N–H and O–H groups in total. The molecular weight excluding hydrogens is 272 g/mol. The molecule has 1 unspecified atom stereocenters. The lowest BCUT2D eigenvalue weighted by Crippen LogP contribution is -2.09. The van der Waals surface area contributed by atoms with Crippen molar-refractivity contribution in [3.05, 3.63) is 63.7 Å². The van der Waals surface area contributed by atoms with Gasteiger partial charge in [-0.25, -0.2) is 0 Å². The topological polar surface area (TPSA) is 29.5 Å². The maximum Gasteiger partial charge on any atom is 0.122 e. The van der Waals surface area contributed by atoms with E-state index in [0.717, 1.165) is 41.9 Å². The fraction of sp³-hybridized carbons (Fsp3) is 0.294. The number of hydrogen-bond acceptors (Lipinski definition) is 2. The molecule has 1 atom stereocenters. The van der Waals surface area contributed by atoms with Crippen molar-refractivity contribution < 1.29 is 9.84 Å². The largest absolute Gasteiger partial charge is 0.493 e. The fourth-order valence-electron chi connectivity index (χ4n) is 2.52. The van der Waals surface area contributed by atoms with Crippen LogP contribution >= 0.6 is 11.6 Å². The zero-order chi connectivity index (χ0) is 14.1. The third kappa shape index (κ3) is 2.54. The summed E-state index contributed by atoms with van der Waals surface area (Å²) in [4.78, 5) is 0. The quantitative estimate of drug-likeness (QED) is 0.903. The van der Waals surface area contributed by atoms with Crippen molar-refractivity contribution in [3.63, 3.8) is 0 Å². The normalized spacial score (nSPS) is 15.3. The molecule has 1 aliphatic heterocycles. The third-order valence-corrected chi connectivity index (χ3v) is 4.17. The number of benzene rings is 2. The van der Waals surface area contributed by atoms with Gasteiger partial charge in [0.15, 0.2) is 0 Å². The molecule has 3 heteroatoms. The molecule has 104 valence electrons. The van der Waals surface area contributed by atoms with Crippen LogP contribution in [0.15, 0.2) is 36.4 Å². The second kappa shape index (κ2) is 5.47. The molecule has 20 heavy (non-hydrogen) atoms. The van der Waals surface area contributed by atoms with Crippen LogP contribution in [0.5, 0.6) is 5.75 Å². The second-order valence-electron chi connectivity index (χ2n) is 5.23. The summed E-state index contributed by atoms with van der Waals surface area (Å²) in [6.45, 7) is 2.73. The molecule has 0 saturated carbocycles. The van der Waals surface area contributed by atoms with Gasteiger partial charge in [0.1, 0.15) is 11.9 Å². The summed E-state index contributed by atoms with van der Waals surface area (Å²) in [5.41, 5.74) is 3.89. The van der Waals surface area contributed by atoms with Gasteiger partial charge in [-0.2, -0.15) is 0 Å². The van der Waals surface area contributed by atoms with Crippen LogP contribution in [-0.4, -0.2) is 11.7 Å². The van der Waals surface area contributed by atoms with Crippen LogP contribution in [0.25, 0.3) is 0 Å². The Kier molecular flexibility index (Phi) is 3.68. The fourth-order valence-corrected chi connectivity index (χ4v) is 2.71. The molecule has 0 bridgehead atoms. The average molecular weight is 289 g/mol. The lowest BCUT2D eigenvalue weighted by molar-refractivity contribution is 0.219. The summed E-state index contributed by atoms with van der Waals surface area (Å²) in [7, 11) is 0. The first kappa shape index (κ1) is 13.5. The number of hydrogen-bond donors (Lipinski definition) is 1. The van der Waals surface area contributed by atoms with E-state index in [1.165, 1.54) is 5.56 Å². The van der Waals surface area contributed by atoms with Gasteiger partial charge in [-0.3, -0.25) is 0 Å². The maximum absolute atomic E-state index is 10.5. The van der Waals surface area contributed by atoms with Crippen molar-refractivity contribution in [2.45, 2.75) is 25.9 Å². The SMILES string of the molecule is Cc1ccc(C(O)c2ccc3c(c2)CCCO3)cc1Cl. The van der Waals surface area contributed by atoms with Crippen LogP contribution in [-0.2, 0) is 6.42 Å². The number of aryl methyl sites for hydroxylation is 2. The minimum atomic E-state index is -0.652. The predicted molar refractivity (Wildman–Crippen MR) is 80.5 cm³/mol. The lowest BCUT2D eigenvalue weighted by atomic mass is 9.96. The van der Waals surface area contributed by atoms with E-state index in [9.17, 15) is 5.11 Å². The first-order valence-corrected chi connectivity index (χ1v) is 7.22. The molecule has 0 aliphatic carbocycles. The molecule has 0 spiro atoms. The highest BCUT2D eigenvalue weighted by Gasteiger charge is 2.16. The summed E-state index contributed by atoms with van der Waals surface area (Å²) in [6.07, 6.45) is 1.38. The van der Waals surface area contributed by atoms with Crippen molar-refractivity contribution in [1.29, 1.82) is 0 Å². The molecule has 3 rings (SSSR count). The molecule has 0 aromatic heterocycles. The number of aliphatic hydroxyl groups is 1. The molecule has 2 aromatic carbocycles. The van der Waals surface area contributed by atoms with Crippen LogP contribution in [0.1, 0.15) is 34.8 Å². The van der Waals surface area contributed by atoms with E-state index in [1.807, 2.05) is 43.3 Å². The van der Waals surface area contributed by atoms with Crippen molar-refractivity contribution in [1.82, 2.24) is 0 Å². The van der Waals surface area contributed by atoms with Gasteiger partial charge in [-0.05, 0) is 60.2 Å². The second-order valence-corrected chi connectivity index (χ2v) is 5.64. The Morgan fingerprint density at radius 3 is 2.70 bits per heavy atom. The van der Waals surface area contributed by atoms with Gasteiger partial charge in [0.05, 0.1) is 6.61 Å². The molecule has 0 radical (unpaired) electrons. The number of aliphatic hydroxyl groups excluding tert-OH is 1. The van der Waals surface area contributed by atoms with Crippen molar-refractivity contribution in [2.75, 3.05) is 6.61 Å². The Bertz CT molecular complexity index is 637. The Labute approximate surface area is 124 Å². The van der Waals surface area contributed by atoms with Gasteiger partial charge in [-0.15, -0.1) is 0 Å². The van der Waals surface area contributed by atoms with Gasteiger partial charge in [0.25, 0.3) is 0 Å². The molecule has 0 amide bonds. The van der Waals surface area contributed by atoms with Crippen LogP contribution < -0.4 is 4.74 Å². The van der Waals surface area contributed by atoms with Crippen LogP contribution in [0.3, 0.4) is 0 Å². The molecule has 1 aliphatic rings. The summed E-state index contributed by atoms with van der Waals surface area (Å²) in [6, 6.07) is 11.6. The Balaban J connectivity index is 1.93. The van der Waals surface area contributed by atoms with E-state index in [-0.39, 0.29) is 0 Å². The van der Waals surface area contributed by atoms with Crippen molar-refractivity contribution in [3.8, 4) is 5.75 Å². The zero-order valence-corrected chi connectivity index (χ0v) is 12.2. The number of fused-ring (bicyclic) bond motifs is 1. The standard InChI is InChI=1S/C17H17ClO2/c1-11-4-5-14(10-15(11)18)17(19)13-6-7-16-12(9-13)3-2-8-20-16/h4-7,9-10,17,19H,2-3,8H2,1H3. The minimum Gasteiger partial charge on any atom is -0.493 e. The molecular formula is C17H17ClO2. The minimum absolute atomic E-state index is 0.652. The highest BCUT2D eigenvalue weighted by molar-refractivity contribution is 6.31. The first-order valence-electron chi connectivity index (χ1n) is 6.85. The number of ether oxygens (including phenoxy) is 1. The third-order valence-electron chi connectivity index (χ3n) is 3.76. The zero-order valence-electron chi connectivity index (χ0n) is 11.4. The van der Waals surface area contributed by atoms with Gasteiger partial charge in [0, 0.05) is 5.02 Å². The molecule has 2 aromatic rings. The van der Waals surface area contributed by atoms with E-state index in [1.54, 1.807) is 0 Å². The number of rotatable bonds is 2. The van der Waals surface area contributed by atoms with Crippen molar-refractivity contribution >= 4 is 11.6 Å². The Morgan fingerprint density at radius 1 is 1.15 bits per heavy atom. The van der Waals surface area contributed by atoms with E-state index in [4.69, 9.17) is 16.3 Å². The molecule has 0 saturated heterocycles. The Morgan fingerprint density at radius 2 is 1.90 bits per heavy atom. The first-order chi connectivity index (χ1) is 9.65. The van der Waals surface area contributed by atoms with E-state index < -0.39 is 6.10 Å². The predicted octanol–water partition coefficient (Wildman–Crippen LogP) is 4.06. The maximum atomic E-state index is 10.5. The number of halogens is 1. The summed E-state index contributed by atoms with van der Waals surface area (Å²) in [5, 5.41) is 11.2. The highest BCUT2D eigenvalue weighted by Crippen LogP contribution is 2.31. The van der Waals surface area contributed by atoms with Crippen LogP contribution in [0.4, 0.5) is 0 Å². The van der Waals surface area contributed by atoms with Crippen LogP contribution in [0.2, 0.25) is 5.02 Å². The van der Waals surface area contributed by atoms with Gasteiger partial charge >= 0.3 is 0 Å². The summed E-state index contributed by atoms with van der Waals surface area (Å²) < 4.78 is 5.60. The highest BCUT2D eigenvalue weighted by atomic mass is 35.5. The van der Waals surface area contributed by atoms with E-state index >= 15 is 0 Å². The Hall–Kier alpha value is -1.51. The molecule has 0 fully saturated rings. The van der Waals surface area contributed by atoms with E-state index in [2.05, 4.69) is 0 Å². The van der Waals surface area contributed by atoms with Gasteiger partial charge < -0.3 is 9.84 Å². The monoisotopic (exact) mass is 288 g/mol. The van der Waals surface area contributed by atoms with Crippen LogP contribution in [0, 0.1) is 6.92 Å². The smallest absolute Gasteiger partial charge is 0.122 e. The van der Waals surface area contributed by atoms with Crippen molar-refractivity contribution in [2.24, 2.45) is 0 Å². The molecule has 2 nitrogen and oxygen atoms in total. The molecule has 1 heterocycles. The average Bonchev–Trinajstić information content (AvgIpc) is 2.49. The summed E-state index contributed by atoms with van der Waals surface area (Å²) >= 11 is 6.13.